The summed E-state index contributed by atoms with van der Waals surface area (Å²) >= 11 is 0. The van der Waals surface area contributed by atoms with Crippen LogP contribution in [0.3, 0.4) is 0 Å². The molecule has 4 atom stereocenters. The summed E-state index contributed by atoms with van der Waals surface area (Å²) in [4.78, 5) is 55.3. The maximum atomic E-state index is 14.1. The lowest BCUT2D eigenvalue weighted by molar-refractivity contribution is -0.136. The highest BCUT2D eigenvalue weighted by Gasteiger charge is 2.42. The minimum absolute atomic E-state index is 0.0131. The second kappa shape index (κ2) is 15.5. The van der Waals surface area contributed by atoms with Crippen molar-refractivity contribution in [2.75, 3.05) is 33.4 Å². The third kappa shape index (κ3) is 7.06. The van der Waals surface area contributed by atoms with Crippen LogP contribution < -0.4 is 5.32 Å². The van der Waals surface area contributed by atoms with Crippen LogP contribution in [-0.4, -0.2) is 82.1 Å². The predicted molar refractivity (Wildman–Crippen MR) is 206 cm³/mol. The number of ether oxygens (including phenoxy) is 2. The van der Waals surface area contributed by atoms with Crippen molar-refractivity contribution in [1.82, 2.24) is 30.1 Å². The number of alkyl carbamates (subject to hydrolysis) is 1. The number of amides is 3. The van der Waals surface area contributed by atoms with Gasteiger partial charge in [-0.3, -0.25) is 9.59 Å². The molecule has 3 unspecified atom stereocenters. The number of nitrogens with one attached hydrogen (secondary N) is 3. The van der Waals surface area contributed by atoms with Gasteiger partial charge >= 0.3 is 6.09 Å². The number of carbonyl (C=O) groups excluding carboxylic acids is 3. The van der Waals surface area contributed by atoms with Gasteiger partial charge in [0, 0.05) is 43.4 Å². The monoisotopic (exact) mass is 732 g/mol. The van der Waals surface area contributed by atoms with E-state index in [1.165, 1.54) is 18.2 Å². The fourth-order valence-electron chi connectivity index (χ4n) is 9.17. The van der Waals surface area contributed by atoms with Crippen LogP contribution in [0.25, 0.3) is 33.6 Å². The van der Waals surface area contributed by atoms with Gasteiger partial charge in [-0.2, -0.15) is 0 Å². The van der Waals surface area contributed by atoms with E-state index in [-0.39, 0.29) is 29.8 Å². The first-order chi connectivity index (χ1) is 26.3. The number of likely N-dealkylation sites (tertiary alicyclic amines) is 2. The third-order valence-electron chi connectivity index (χ3n) is 11.9. The van der Waals surface area contributed by atoms with Crippen LogP contribution in [0.4, 0.5) is 4.79 Å². The molecule has 54 heavy (non-hydrogen) atoms. The van der Waals surface area contributed by atoms with Gasteiger partial charge in [0.25, 0.3) is 0 Å². The zero-order valence-corrected chi connectivity index (χ0v) is 31.7. The quantitative estimate of drug-likeness (QED) is 0.156. The minimum Gasteiger partial charge on any atom is -0.453 e. The average Bonchev–Trinajstić information content (AvgIpc) is 4.03. The molecule has 4 aliphatic rings. The van der Waals surface area contributed by atoms with Crippen LogP contribution in [0, 0.1) is 11.8 Å². The molecule has 3 saturated heterocycles. The Morgan fingerprint density at radius 1 is 0.852 bits per heavy atom. The minimum atomic E-state index is -0.671. The summed E-state index contributed by atoms with van der Waals surface area (Å²) in [6.45, 7) is 6.67. The molecule has 0 bridgehead atoms. The lowest BCUT2D eigenvalue weighted by Gasteiger charge is -2.31. The Morgan fingerprint density at radius 2 is 1.52 bits per heavy atom. The number of fused-ring (bicyclic) bond motifs is 1. The lowest BCUT2D eigenvalue weighted by atomic mass is 9.96. The van der Waals surface area contributed by atoms with Gasteiger partial charge in [0.05, 0.1) is 37.7 Å². The van der Waals surface area contributed by atoms with Crippen LogP contribution in [0.1, 0.15) is 93.5 Å². The number of rotatable bonds is 10. The smallest absolute Gasteiger partial charge is 0.407 e. The Bertz CT molecular complexity index is 1980. The maximum absolute atomic E-state index is 14.1. The van der Waals surface area contributed by atoms with Gasteiger partial charge in [-0.15, -0.1) is 0 Å². The van der Waals surface area contributed by atoms with Gasteiger partial charge < -0.3 is 34.6 Å². The SMILES string of the molecule is COC(=O)NC(C(=O)N1CCCC1c1[nH]c(-c2ccc(-c3ccc(-c4cnc([C@@H]5CCCN5C(=O)CC(C)C)[nH]4)cc3)cc2)c2c1CCC2)C1CCOC1. The van der Waals surface area contributed by atoms with E-state index in [1.807, 2.05) is 16.0 Å². The molecule has 8 rings (SSSR count). The lowest BCUT2D eigenvalue weighted by Crippen LogP contribution is -2.52. The van der Waals surface area contributed by atoms with Gasteiger partial charge in [-0.05, 0) is 90.7 Å². The molecule has 5 heterocycles. The molecule has 3 amide bonds. The molecule has 284 valence electrons. The zero-order valence-electron chi connectivity index (χ0n) is 31.7. The van der Waals surface area contributed by atoms with Crippen LogP contribution in [0.15, 0.2) is 54.7 Å². The molecule has 3 aliphatic heterocycles. The van der Waals surface area contributed by atoms with E-state index in [9.17, 15) is 14.4 Å². The normalized spacial score (nSPS) is 21.5. The molecule has 3 N–H and O–H groups in total. The van der Waals surface area contributed by atoms with Crippen molar-refractivity contribution in [3.8, 4) is 33.6 Å². The highest BCUT2D eigenvalue weighted by molar-refractivity contribution is 5.87. The van der Waals surface area contributed by atoms with Crippen molar-refractivity contribution < 1.29 is 23.9 Å². The van der Waals surface area contributed by atoms with E-state index in [4.69, 9.17) is 14.5 Å². The molecule has 2 aromatic heterocycles. The summed E-state index contributed by atoms with van der Waals surface area (Å²) in [5.41, 5.74) is 10.4. The van der Waals surface area contributed by atoms with Gasteiger partial charge in [-0.25, -0.2) is 9.78 Å². The Kier molecular flexibility index (Phi) is 10.3. The first-order valence-corrected chi connectivity index (χ1v) is 19.8. The molecule has 0 radical (unpaired) electrons. The fourth-order valence-corrected chi connectivity index (χ4v) is 9.17. The van der Waals surface area contributed by atoms with E-state index < -0.39 is 12.1 Å². The van der Waals surface area contributed by atoms with Crippen molar-refractivity contribution in [2.24, 2.45) is 11.8 Å². The molecule has 11 nitrogen and oxygen atoms in total. The first-order valence-electron chi connectivity index (χ1n) is 19.8. The van der Waals surface area contributed by atoms with Crippen molar-refractivity contribution in [3.63, 3.8) is 0 Å². The number of carbonyl (C=O) groups is 3. The summed E-state index contributed by atoms with van der Waals surface area (Å²) < 4.78 is 10.5. The third-order valence-corrected chi connectivity index (χ3v) is 11.9. The van der Waals surface area contributed by atoms with E-state index in [1.54, 1.807) is 0 Å². The largest absolute Gasteiger partial charge is 0.453 e. The summed E-state index contributed by atoms with van der Waals surface area (Å²) in [5, 5.41) is 2.83. The molecule has 4 aromatic rings. The van der Waals surface area contributed by atoms with Crippen molar-refractivity contribution in [3.05, 3.63) is 77.4 Å². The van der Waals surface area contributed by atoms with Crippen molar-refractivity contribution in [2.45, 2.75) is 89.8 Å². The van der Waals surface area contributed by atoms with E-state index in [2.05, 4.69) is 77.7 Å². The summed E-state index contributed by atoms with van der Waals surface area (Å²) in [6.07, 6.45) is 9.44. The average molecular weight is 733 g/mol. The van der Waals surface area contributed by atoms with Crippen LogP contribution in [0.5, 0.6) is 0 Å². The van der Waals surface area contributed by atoms with E-state index in [0.29, 0.717) is 32.1 Å². The molecule has 1 aliphatic carbocycles. The summed E-state index contributed by atoms with van der Waals surface area (Å²) in [7, 11) is 1.33. The standard InChI is InChI=1S/C43H52N6O5/c1-26(2)23-37(50)48-20-6-10-36(48)41-44-24-34(45-41)29-15-11-27(12-16-29)28-13-17-30(18-14-28)38-32-7-4-8-33(32)40(46-38)35-9-5-21-49(35)42(51)39(47-43(52)53-3)31-19-22-54-25-31/h11-18,24,26,31,35-36,39,46H,4-10,19-23,25H2,1-3H3,(H,44,45)(H,47,52)/t31?,35?,36-,39?/m0/s1. The highest BCUT2D eigenvalue weighted by Crippen LogP contribution is 2.43. The molecule has 0 spiro atoms. The van der Waals surface area contributed by atoms with Crippen molar-refractivity contribution >= 4 is 17.9 Å². The molecular weight excluding hydrogens is 681 g/mol. The van der Waals surface area contributed by atoms with Gasteiger partial charge in [-0.1, -0.05) is 62.4 Å². The molecule has 0 saturated carbocycles. The zero-order chi connectivity index (χ0) is 37.3. The number of methoxy groups -OCH3 is 1. The summed E-state index contributed by atoms with van der Waals surface area (Å²) in [5.74, 6) is 1.29. The van der Waals surface area contributed by atoms with E-state index in [0.717, 1.165) is 103 Å². The number of hydrogen-bond acceptors (Lipinski definition) is 6. The summed E-state index contributed by atoms with van der Waals surface area (Å²) in [6, 6.07) is 16.6. The Labute approximate surface area is 317 Å². The van der Waals surface area contributed by atoms with Crippen LogP contribution >= 0.6 is 0 Å². The number of aromatic amines is 2. The number of aromatic nitrogens is 3. The Hall–Kier alpha value is -4.90. The number of hydrogen-bond donors (Lipinski definition) is 3. The molecule has 3 fully saturated rings. The number of benzene rings is 2. The number of imidazole rings is 1. The Morgan fingerprint density at radius 3 is 2.20 bits per heavy atom. The maximum Gasteiger partial charge on any atom is 0.407 e. The number of H-pyrrole nitrogens is 2. The molecular formula is C43H52N6O5. The second-order valence-electron chi connectivity index (χ2n) is 15.8. The topological polar surface area (TPSA) is 133 Å². The van der Waals surface area contributed by atoms with Gasteiger partial charge in [0.1, 0.15) is 11.9 Å². The van der Waals surface area contributed by atoms with Crippen LogP contribution in [-0.2, 0) is 31.9 Å². The fraction of sp³-hybridized carbons (Fsp3) is 0.488. The second-order valence-corrected chi connectivity index (χ2v) is 15.8. The van der Waals surface area contributed by atoms with Gasteiger partial charge in [0.2, 0.25) is 11.8 Å². The van der Waals surface area contributed by atoms with Gasteiger partial charge in [0.15, 0.2) is 0 Å². The predicted octanol–water partition coefficient (Wildman–Crippen LogP) is 7.36. The molecule has 11 heteroatoms. The number of nitrogens with zero attached hydrogens (tertiary/aromatic N) is 3. The van der Waals surface area contributed by atoms with E-state index >= 15 is 0 Å². The highest BCUT2D eigenvalue weighted by atomic mass is 16.5. The first kappa shape index (κ1) is 36.1. The Balaban J connectivity index is 0.979. The molecule has 2 aromatic carbocycles. The van der Waals surface area contributed by atoms with Crippen molar-refractivity contribution in [1.29, 1.82) is 0 Å². The van der Waals surface area contributed by atoms with Crippen LogP contribution in [0.2, 0.25) is 0 Å².